The normalized spacial score (nSPS) is 18.1. The van der Waals surface area contributed by atoms with Gasteiger partial charge in [-0.2, -0.15) is 13.2 Å². The standard InChI is InChI=1S/C14H16F4N2O2/c15-11-4-2-1-3-10(11)9-19-12(21)20-7-5-13(22,6-8-20)14(16,17)18/h1-4,22H,5-9H2,(H,19,21). The average molecular weight is 320 g/mol. The number of piperidine rings is 1. The molecule has 2 N–H and O–H groups in total. The molecule has 0 saturated carbocycles. The summed E-state index contributed by atoms with van der Waals surface area (Å²) in [6, 6.07) is 5.32. The van der Waals surface area contributed by atoms with E-state index in [1.807, 2.05) is 0 Å². The van der Waals surface area contributed by atoms with E-state index in [2.05, 4.69) is 5.32 Å². The third-order valence-electron chi connectivity index (χ3n) is 3.79. The fraction of sp³-hybridized carbons (Fsp3) is 0.500. The number of urea groups is 1. The minimum Gasteiger partial charge on any atom is -0.380 e. The van der Waals surface area contributed by atoms with Crippen LogP contribution in [-0.2, 0) is 6.54 Å². The topological polar surface area (TPSA) is 52.6 Å². The van der Waals surface area contributed by atoms with Crippen molar-refractivity contribution in [2.45, 2.75) is 31.2 Å². The van der Waals surface area contributed by atoms with Crippen molar-refractivity contribution in [3.63, 3.8) is 0 Å². The van der Waals surface area contributed by atoms with Crippen molar-refractivity contribution < 1.29 is 27.5 Å². The largest absolute Gasteiger partial charge is 0.417 e. The van der Waals surface area contributed by atoms with Crippen LogP contribution < -0.4 is 5.32 Å². The lowest BCUT2D eigenvalue weighted by atomic mass is 9.91. The number of carbonyl (C=O) groups is 1. The molecule has 1 saturated heterocycles. The maximum Gasteiger partial charge on any atom is 0.417 e. The number of rotatable bonds is 2. The molecule has 1 aromatic carbocycles. The molecule has 2 rings (SSSR count). The van der Waals surface area contributed by atoms with E-state index < -0.39 is 36.5 Å². The number of nitrogens with zero attached hydrogens (tertiary/aromatic N) is 1. The van der Waals surface area contributed by atoms with Crippen molar-refractivity contribution in [1.82, 2.24) is 10.2 Å². The van der Waals surface area contributed by atoms with Gasteiger partial charge in [-0.15, -0.1) is 0 Å². The van der Waals surface area contributed by atoms with E-state index in [-0.39, 0.29) is 19.6 Å². The molecule has 0 radical (unpaired) electrons. The number of benzene rings is 1. The molecule has 1 fully saturated rings. The minimum atomic E-state index is -4.71. The Hall–Kier alpha value is -1.83. The van der Waals surface area contributed by atoms with Crippen molar-refractivity contribution in [2.24, 2.45) is 0 Å². The Morgan fingerprint density at radius 1 is 1.27 bits per heavy atom. The number of hydrogen-bond donors (Lipinski definition) is 2. The Balaban J connectivity index is 1.87. The highest BCUT2D eigenvalue weighted by Gasteiger charge is 2.54. The van der Waals surface area contributed by atoms with Gasteiger partial charge >= 0.3 is 12.2 Å². The summed E-state index contributed by atoms with van der Waals surface area (Å²) in [6.45, 7) is -0.468. The highest BCUT2D eigenvalue weighted by molar-refractivity contribution is 5.74. The number of alkyl halides is 3. The van der Waals surface area contributed by atoms with E-state index in [4.69, 9.17) is 0 Å². The van der Waals surface area contributed by atoms with Gasteiger partial charge < -0.3 is 15.3 Å². The molecule has 1 aliphatic heterocycles. The summed E-state index contributed by atoms with van der Waals surface area (Å²) in [6.07, 6.45) is -5.84. The van der Waals surface area contributed by atoms with Gasteiger partial charge in [0.2, 0.25) is 0 Å². The fourth-order valence-corrected chi connectivity index (χ4v) is 2.29. The lowest BCUT2D eigenvalue weighted by molar-refractivity contribution is -0.271. The molecule has 1 aromatic rings. The van der Waals surface area contributed by atoms with Gasteiger partial charge in [0.15, 0.2) is 5.60 Å². The van der Waals surface area contributed by atoms with Crippen molar-refractivity contribution in [3.05, 3.63) is 35.6 Å². The molecule has 0 aliphatic carbocycles. The second kappa shape index (κ2) is 6.12. The molecule has 0 atom stereocenters. The summed E-state index contributed by atoms with van der Waals surface area (Å²) < 4.78 is 51.4. The molecule has 0 bridgehead atoms. The summed E-state index contributed by atoms with van der Waals surface area (Å²) in [4.78, 5) is 13.1. The first-order valence-corrected chi connectivity index (χ1v) is 6.78. The van der Waals surface area contributed by atoms with Crippen LogP contribution in [0, 0.1) is 5.82 Å². The first-order chi connectivity index (χ1) is 10.2. The summed E-state index contributed by atoms with van der Waals surface area (Å²) in [5.74, 6) is -0.465. The second-order valence-electron chi connectivity index (χ2n) is 5.27. The fourth-order valence-electron chi connectivity index (χ4n) is 2.29. The molecule has 1 aliphatic rings. The van der Waals surface area contributed by atoms with Gasteiger partial charge in [0.25, 0.3) is 0 Å². The molecular weight excluding hydrogens is 304 g/mol. The SMILES string of the molecule is O=C(NCc1ccccc1F)N1CCC(O)(C(F)(F)F)CC1. The Labute approximate surface area is 124 Å². The van der Waals surface area contributed by atoms with E-state index in [1.165, 1.54) is 23.1 Å². The summed E-state index contributed by atoms with van der Waals surface area (Å²) in [7, 11) is 0. The van der Waals surface area contributed by atoms with E-state index in [0.29, 0.717) is 5.56 Å². The molecule has 22 heavy (non-hydrogen) atoms. The first-order valence-electron chi connectivity index (χ1n) is 6.78. The molecule has 0 spiro atoms. The zero-order valence-corrected chi connectivity index (χ0v) is 11.7. The van der Waals surface area contributed by atoms with Crippen LogP contribution >= 0.6 is 0 Å². The monoisotopic (exact) mass is 320 g/mol. The quantitative estimate of drug-likeness (QED) is 0.822. The Morgan fingerprint density at radius 3 is 2.41 bits per heavy atom. The molecule has 2 amide bonds. The molecule has 8 heteroatoms. The summed E-state index contributed by atoms with van der Waals surface area (Å²) >= 11 is 0. The lowest BCUT2D eigenvalue weighted by Crippen LogP contribution is -2.55. The lowest BCUT2D eigenvalue weighted by Gasteiger charge is -2.39. The van der Waals surface area contributed by atoms with Crippen molar-refractivity contribution in [3.8, 4) is 0 Å². The number of aliphatic hydroxyl groups is 1. The maximum atomic E-state index is 13.4. The van der Waals surface area contributed by atoms with Crippen LogP contribution in [0.4, 0.5) is 22.4 Å². The van der Waals surface area contributed by atoms with E-state index in [1.54, 1.807) is 6.07 Å². The summed E-state index contributed by atoms with van der Waals surface area (Å²) in [5, 5.41) is 12.0. The molecule has 0 unspecified atom stereocenters. The number of likely N-dealkylation sites (tertiary alicyclic amines) is 1. The highest BCUT2D eigenvalue weighted by Crippen LogP contribution is 2.38. The van der Waals surface area contributed by atoms with Crippen LogP contribution in [0.5, 0.6) is 0 Å². The van der Waals surface area contributed by atoms with E-state index in [0.717, 1.165) is 0 Å². The number of hydrogen-bond acceptors (Lipinski definition) is 2. The van der Waals surface area contributed by atoms with Crippen LogP contribution in [0.3, 0.4) is 0 Å². The van der Waals surface area contributed by atoms with Gasteiger partial charge in [-0.05, 0) is 6.07 Å². The van der Waals surface area contributed by atoms with E-state index in [9.17, 15) is 27.5 Å². The van der Waals surface area contributed by atoms with Crippen molar-refractivity contribution >= 4 is 6.03 Å². The third-order valence-corrected chi connectivity index (χ3v) is 3.79. The van der Waals surface area contributed by atoms with Crippen LogP contribution in [0.25, 0.3) is 0 Å². The zero-order valence-electron chi connectivity index (χ0n) is 11.7. The predicted molar refractivity (Wildman–Crippen MR) is 70.4 cm³/mol. The molecule has 122 valence electrons. The molecular formula is C14H16F4N2O2. The Bertz CT molecular complexity index is 540. The Kier molecular flexibility index (Phi) is 4.60. The van der Waals surface area contributed by atoms with Gasteiger partial charge in [0.1, 0.15) is 5.82 Å². The van der Waals surface area contributed by atoms with Crippen LogP contribution in [0.15, 0.2) is 24.3 Å². The number of halogens is 4. The van der Waals surface area contributed by atoms with Gasteiger partial charge in [-0.3, -0.25) is 0 Å². The van der Waals surface area contributed by atoms with Gasteiger partial charge in [0, 0.05) is 38.0 Å². The molecule has 1 heterocycles. The van der Waals surface area contributed by atoms with E-state index >= 15 is 0 Å². The number of amides is 2. The van der Waals surface area contributed by atoms with Crippen LogP contribution in [0.1, 0.15) is 18.4 Å². The van der Waals surface area contributed by atoms with Gasteiger partial charge in [0.05, 0.1) is 0 Å². The van der Waals surface area contributed by atoms with Crippen molar-refractivity contribution in [2.75, 3.05) is 13.1 Å². The predicted octanol–water partition coefficient (Wildman–Crippen LogP) is 2.42. The van der Waals surface area contributed by atoms with Crippen molar-refractivity contribution in [1.29, 1.82) is 0 Å². The second-order valence-corrected chi connectivity index (χ2v) is 5.27. The zero-order chi connectivity index (χ0) is 16.4. The maximum absolute atomic E-state index is 13.4. The molecule has 4 nitrogen and oxygen atoms in total. The average Bonchev–Trinajstić information content (AvgIpc) is 2.46. The first kappa shape index (κ1) is 16.5. The van der Waals surface area contributed by atoms with Gasteiger partial charge in [-0.1, -0.05) is 18.2 Å². The smallest absolute Gasteiger partial charge is 0.380 e. The number of nitrogens with one attached hydrogen (secondary N) is 1. The Morgan fingerprint density at radius 2 is 1.86 bits per heavy atom. The van der Waals surface area contributed by atoms with Crippen LogP contribution in [-0.4, -0.2) is 40.9 Å². The molecule has 0 aromatic heterocycles. The number of carbonyl (C=O) groups excluding carboxylic acids is 1. The third kappa shape index (κ3) is 3.49. The van der Waals surface area contributed by atoms with Crippen LogP contribution in [0.2, 0.25) is 0 Å². The minimum absolute atomic E-state index is 0.0501. The van der Waals surface area contributed by atoms with Gasteiger partial charge in [-0.25, -0.2) is 9.18 Å². The highest BCUT2D eigenvalue weighted by atomic mass is 19.4. The summed E-state index contributed by atoms with van der Waals surface area (Å²) in [5.41, 5.74) is -2.45.